The number of halogens is 3. The van der Waals surface area contributed by atoms with Gasteiger partial charge in [-0.3, -0.25) is 4.79 Å². The molecule has 0 aliphatic heterocycles. The molecule has 2 rings (SSSR count). The SMILES string of the molecule is O=C(Nc1ccc(Cl)cc1)c1cccc(Br)c1Cl. The Morgan fingerprint density at radius 3 is 2.39 bits per heavy atom. The number of benzene rings is 2. The maximum absolute atomic E-state index is 12.0. The third-order valence-corrected chi connectivity index (χ3v) is 3.85. The third kappa shape index (κ3) is 3.05. The van der Waals surface area contributed by atoms with Crippen LogP contribution in [0.1, 0.15) is 10.4 Å². The Kier molecular flexibility index (Phi) is 4.27. The van der Waals surface area contributed by atoms with Crippen LogP contribution in [0.15, 0.2) is 46.9 Å². The van der Waals surface area contributed by atoms with Gasteiger partial charge in [0, 0.05) is 15.2 Å². The van der Waals surface area contributed by atoms with Crippen LogP contribution in [0.4, 0.5) is 5.69 Å². The lowest BCUT2D eigenvalue weighted by atomic mass is 10.2. The van der Waals surface area contributed by atoms with Crippen molar-refractivity contribution in [1.29, 1.82) is 0 Å². The summed E-state index contributed by atoms with van der Waals surface area (Å²) in [5.41, 5.74) is 1.08. The van der Waals surface area contributed by atoms with E-state index in [0.717, 1.165) is 0 Å². The molecule has 0 aliphatic carbocycles. The Balaban J connectivity index is 2.22. The van der Waals surface area contributed by atoms with Gasteiger partial charge in [-0.15, -0.1) is 0 Å². The van der Waals surface area contributed by atoms with Crippen molar-refractivity contribution in [2.24, 2.45) is 0 Å². The van der Waals surface area contributed by atoms with Crippen molar-refractivity contribution in [1.82, 2.24) is 0 Å². The van der Waals surface area contributed by atoms with Crippen LogP contribution in [0.5, 0.6) is 0 Å². The molecular weight excluding hydrogens is 337 g/mol. The Bertz CT molecular complexity index is 584. The molecule has 0 heterocycles. The van der Waals surface area contributed by atoms with Gasteiger partial charge < -0.3 is 5.32 Å². The zero-order chi connectivity index (χ0) is 13.1. The fourth-order valence-electron chi connectivity index (χ4n) is 1.41. The Morgan fingerprint density at radius 2 is 1.72 bits per heavy atom. The van der Waals surface area contributed by atoms with Crippen LogP contribution >= 0.6 is 39.1 Å². The first kappa shape index (κ1) is 13.4. The number of carbonyl (C=O) groups excluding carboxylic acids is 1. The molecule has 2 nitrogen and oxygen atoms in total. The summed E-state index contributed by atoms with van der Waals surface area (Å²) in [6.07, 6.45) is 0. The van der Waals surface area contributed by atoms with Gasteiger partial charge in [0.1, 0.15) is 0 Å². The average molecular weight is 345 g/mol. The van der Waals surface area contributed by atoms with Gasteiger partial charge in [-0.05, 0) is 52.3 Å². The van der Waals surface area contributed by atoms with Crippen LogP contribution in [-0.4, -0.2) is 5.91 Å². The van der Waals surface area contributed by atoms with Crippen LogP contribution in [0, 0.1) is 0 Å². The van der Waals surface area contributed by atoms with E-state index in [2.05, 4.69) is 21.2 Å². The Morgan fingerprint density at radius 1 is 1.06 bits per heavy atom. The van der Waals surface area contributed by atoms with E-state index >= 15 is 0 Å². The summed E-state index contributed by atoms with van der Waals surface area (Å²) >= 11 is 15.1. The number of hydrogen-bond donors (Lipinski definition) is 1. The highest BCUT2D eigenvalue weighted by molar-refractivity contribution is 9.10. The minimum Gasteiger partial charge on any atom is -0.322 e. The van der Waals surface area contributed by atoms with Crippen LogP contribution in [0.3, 0.4) is 0 Å². The molecule has 0 atom stereocenters. The van der Waals surface area contributed by atoms with Gasteiger partial charge in [-0.1, -0.05) is 29.3 Å². The number of hydrogen-bond acceptors (Lipinski definition) is 1. The number of nitrogens with one attached hydrogen (secondary N) is 1. The van der Waals surface area contributed by atoms with E-state index in [9.17, 15) is 4.79 Å². The van der Waals surface area contributed by atoms with Crippen molar-refractivity contribution >= 4 is 50.7 Å². The second-order valence-electron chi connectivity index (χ2n) is 3.56. The zero-order valence-corrected chi connectivity index (χ0v) is 12.2. The summed E-state index contributed by atoms with van der Waals surface area (Å²) < 4.78 is 0.688. The summed E-state index contributed by atoms with van der Waals surface area (Å²) in [5, 5.41) is 3.76. The lowest BCUT2D eigenvalue weighted by molar-refractivity contribution is 0.102. The summed E-state index contributed by atoms with van der Waals surface area (Å²) in [6.45, 7) is 0. The van der Waals surface area contributed by atoms with Crippen molar-refractivity contribution in [3.8, 4) is 0 Å². The summed E-state index contributed by atoms with van der Waals surface area (Å²) in [4.78, 5) is 12.0. The smallest absolute Gasteiger partial charge is 0.257 e. The second-order valence-corrected chi connectivity index (χ2v) is 5.23. The summed E-state index contributed by atoms with van der Waals surface area (Å²) in [5.74, 6) is -0.261. The lowest BCUT2D eigenvalue weighted by Gasteiger charge is -2.07. The molecule has 0 unspecified atom stereocenters. The standard InChI is InChI=1S/C13H8BrCl2NO/c14-11-3-1-2-10(12(11)16)13(18)17-9-6-4-8(15)5-7-9/h1-7H,(H,17,18). The predicted octanol–water partition coefficient (Wildman–Crippen LogP) is 5.01. The van der Waals surface area contributed by atoms with Crippen LogP contribution in [-0.2, 0) is 0 Å². The number of carbonyl (C=O) groups is 1. The maximum atomic E-state index is 12.0. The topological polar surface area (TPSA) is 29.1 Å². The molecule has 2 aromatic carbocycles. The fraction of sp³-hybridized carbons (Fsp3) is 0. The van der Waals surface area contributed by atoms with Crippen LogP contribution < -0.4 is 5.32 Å². The van der Waals surface area contributed by atoms with Crippen molar-refractivity contribution in [3.05, 3.63) is 62.5 Å². The van der Waals surface area contributed by atoms with Gasteiger partial charge in [0.05, 0.1) is 10.6 Å². The second kappa shape index (κ2) is 5.74. The number of rotatable bonds is 2. The van der Waals surface area contributed by atoms with E-state index in [-0.39, 0.29) is 5.91 Å². The molecule has 0 fully saturated rings. The molecule has 1 N–H and O–H groups in total. The quantitative estimate of drug-likeness (QED) is 0.815. The normalized spacial score (nSPS) is 10.2. The first-order chi connectivity index (χ1) is 8.58. The van der Waals surface area contributed by atoms with E-state index < -0.39 is 0 Å². The van der Waals surface area contributed by atoms with Crippen molar-refractivity contribution in [3.63, 3.8) is 0 Å². The molecule has 1 amide bonds. The van der Waals surface area contributed by atoms with E-state index in [0.29, 0.717) is 25.8 Å². The lowest BCUT2D eigenvalue weighted by Crippen LogP contribution is -2.12. The van der Waals surface area contributed by atoms with Gasteiger partial charge >= 0.3 is 0 Å². The fourth-order valence-corrected chi connectivity index (χ4v) is 2.11. The van der Waals surface area contributed by atoms with Crippen LogP contribution in [0.2, 0.25) is 10.0 Å². The molecule has 0 saturated heterocycles. The molecule has 0 spiro atoms. The number of anilines is 1. The molecule has 5 heteroatoms. The van der Waals surface area contributed by atoms with Gasteiger partial charge in [-0.25, -0.2) is 0 Å². The first-order valence-electron chi connectivity index (χ1n) is 5.09. The average Bonchev–Trinajstić information content (AvgIpc) is 2.35. The Labute approximate surface area is 123 Å². The van der Waals surface area contributed by atoms with E-state index in [1.807, 2.05) is 0 Å². The highest BCUT2D eigenvalue weighted by Crippen LogP contribution is 2.26. The van der Waals surface area contributed by atoms with Gasteiger partial charge in [0.15, 0.2) is 0 Å². The first-order valence-corrected chi connectivity index (χ1v) is 6.64. The van der Waals surface area contributed by atoms with Gasteiger partial charge in [0.25, 0.3) is 5.91 Å². The minimum absolute atomic E-state index is 0.261. The molecule has 0 aromatic heterocycles. The molecule has 2 aromatic rings. The largest absolute Gasteiger partial charge is 0.322 e. The molecule has 0 bridgehead atoms. The van der Waals surface area contributed by atoms with Crippen molar-refractivity contribution < 1.29 is 4.79 Å². The Hall–Kier alpha value is -1.03. The molecule has 18 heavy (non-hydrogen) atoms. The highest BCUT2D eigenvalue weighted by Gasteiger charge is 2.12. The van der Waals surface area contributed by atoms with Crippen molar-refractivity contribution in [2.45, 2.75) is 0 Å². The molecule has 0 aliphatic rings. The number of amides is 1. The molecule has 92 valence electrons. The monoisotopic (exact) mass is 343 g/mol. The zero-order valence-electron chi connectivity index (χ0n) is 9.08. The van der Waals surface area contributed by atoms with Gasteiger partial charge in [-0.2, -0.15) is 0 Å². The minimum atomic E-state index is -0.261. The van der Waals surface area contributed by atoms with Crippen LogP contribution in [0.25, 0.3) is 0 Å². The molecular formula is C13H8BrCl2NO. The predicted molar refractivity (Wildman–Crippen MR) is 78.6 cm³/mol. The van der Waals surface area contributed by atoms with E-state index in [1.54, 1.807) is 42.5 Å². The third-order valence-electron chi connectivity index (χ3n) is 2.30. The summed E-state index contributed by atoms with van der Waals surface area (Å²) in [7, 11) is 0. The summed E-state index contributed by atoms with van der Waals surface area (Å²) in [6, 6.07) is 12.1. The van der Waals surface area contributed by atoms with E-state index in [1.165, 1.54) is 0 Å². The highest BCUT2D eigenvalue weighted by atomic mass is 79.9. The molecule has 0 radical (unpaired) electrons. The van der Waals surface area contributed by atoms with Gasteiger partial charge in [0.2, 0.25) is 0 Å². The van der Waals surface area contributed by atoms with E-state index in [4.69, 9.17) is 23.2 Å². The maximum Gasteiger partial charge on any atom is 0.257 e. The van der Waals surface area contributed by atoms with Crippen molar-refractivity contribution in [2.75, 3.05) is 5.32 Å². The molecule has 0 saturated carbocycles.